The number of carbonyl (C=O) groups excluding carboxylic acids is 1. The van der Waals surface area contributed by atoms with Gasteiger partial charge in [-0.25, -0.2) is 0 Å². The summed E-state index contributed by atoms with van der Waals surface area (Å²) in [7, 11) is 0. The number of nitrogens with zero attached hydrogens (tertiary/aromatic N) is 1. The first-order chi connectivity index (χ1) is 13.4. The van der Waals surface area contributed by atoms with Gasteiger partial charge in [0.25, 0.3) is 0 Å². The highest BCUT2D eigenvalue weighted by Crippen LogP contribution is 2.38. The van der Waals surface area contributed by atoms with Gasteiger partial charge in [0.2, 0.25) is 5.91 Å². The van der Waals surface area contributed by atoms with Gasteiger partial charge in [0, 0.05) is 6.61 Å². The maximum Gasteiger partial charge on any atom is 0.240 e. The van der Waals surface area contributed by atoms with Crippen LogP contribution >= 0.6 is 0 Å². The van der Waals surface area contributed by atoms with E-state index in [4.69, 9.17) is 10.5 Å². The standard InChI is InChI=1S/C23H30N2O3/c1-3-4-13-28-23(20-8-6-5-7-17(20)2)15-25(16-23)22(27)21(24)14-18-9-11-19(26)12-10-18/h5-12,21,26H,3-4,13-16,24H2,1-2H3. The lowest BCUT2D eigenvalue weighted by molar-refractivity contribution is -0.174. The lowest BCUT2D eigenvalue weighted by Gasteiger charge is -2.51. The number of nitrogens with two attached hydrogens (primary N) is 1. The van der Waals surface area contributed by atoms with Crippen LogP contribution in [0.1, 0.15) is 36.5 Å². The first-order valence-electron chi connectivity index (χ1n) is 9.97. The lowest BCUT2D eigenvalue weighted by atomic mass is 9.82. The van der Waals surface area contributed by atoms with Gasteiger partial charge in [-0.15, -0.1) is 0 Å². The fourth-order valence-electron chi connectivity index (χ4n) is 3.77. The molecule has 150 valence electrons. The highest BCUT2D eigenvalue weighted by Gasteiger charge is 2.49. The molecular weight excluding hydrogens is 352 g/mol. The predicted octanol–water partition coefficient (Wildman–Crippen LogP) is 3.12. The maximum absolute atomic E-state index is 12.8. The molecule has 5 nitrogen and oxygen atoms in total. The van der Waals surface area contributed by atoms with E-state index in [9.17, 15) is 9.90 Å². The number of benzene rings is 2. The van der Waals surface area contributed by atoms with Crippen molar-refractivity contribution in [2.45, 2.75) is 44.8 Å². The molecule has 0 radical (unpaired) electrons. The van der Waals surface area contributed by atoms with Crippen molar-refractivity contribution in [3.8, 4) is 5.75 Å². The largest absolute Gasteiger partial charge is 0.508 e. The van der Waals surface area contributed by atoms with E-state index in [0.29, 0.717) is 26.1 Å². The summed E-state index contributed by atoms with van der Waals surface area (Å²) in [6, 6.07) is 14.4. The number of hydrogen-bond acceptors (Lipinski definition) is 4. The third kappa shape index (κ3) is 4.37. The molecule has 3 rings (SSSR count). The van der Waals surface area contributed by atoms with E-state index in [-0.39, 0.29) is 11.7 Å². The zero-order chi connectivity index (χ0) is 20.1. The molecule has 0 aliphatic carbocycles. The minimum Gasteiger partial charge on any atom is -0.508 e. The van der Waals surface area contributed by atoms with E-state index in [1.165, 1.54) is 5.56 Å². The molecule has 1 unspecified atom stereocenters. The smallest absolute Gasteiger partial charge is 0.240 e. The topological polar surface area (TPSA) is 75.8 Å². The average Bonchev–Trinajstić information content (AvgIpc) is 2.66. The number of likely N-dealkylation sites (tertiary alicyclic amines) is 1. The summed E-state index contributed by atoms with van der Waals surface area (Å²) in [5, 5.41) is 9.39. The van der Waals surface area contributed by atoms with Crippen LogP contribution in [-0.2, 0) is 21.6 Å². The molecule has 1 heterocycles. The molecule has 3 N–H and O–H groups in total. The molecular formula is C23H30N2O3. The molecule has 0 spiro atoms. The Balaban J connectivity index is 1.67. The van der Waals surface area contributed by atoms with Crippen molar-refractivity contribution in [2.24, 2.45) is 5.73 Å². The summed E-state index contributed by atoms with van der Waals surface area (Å²) in [5.74, 6) is 0.148. The zero-order valence-corrected chi connectivity index (χ0v) is 16.7. The molecule has 0 saturated carbocycles. The van der Waals surface area contributed by atoms with Crippen LogP contribution in [0.15, 0.2) is 48.5 Å². The molecule has 1 aliphatic rings. The molecule has 0 aromatic heterocycles. The van der Waals surface area contributed by atoms with Gasteiger partial charge in [-0.3, -0.25) is 4.79 Å². The molecule has 28 heavy (non-hydrogen) atoms. The van der Waals surface area contributed by atoms with E-state index in [0.717, 1.165) is 24.0 Å². The van der Waals surface area contributed by atoms with E-state index >= 15 is 0 Å². The number of phenolic OH excluding ortho intramolecular Hbond substituents is 1. The number of hydrogen-bond donors (Lipinski definition) is 2. The average molecular weight is 383 g/mol. The van der Waals surface area contributed by atoms with Crippen LogP contribution < -0.4 is 5.73 Å². The van der Waals surface area contributed by atoms with Crippen LogP contribution in [0.4, 0.5) is 0 Å². The Hall–Kier alpha value is -2.37. The Morgan fingerprint density at radius 1 is 1.21 bits per heavy atom. The maximum atomic E-state index is 12.8. The Morgan fingerprint density at radius 2 is 1.89 bits per heavy atom. The molecule has 0 bridgehead atoms. The third-order valence-corrected chi connectivity index (χ3v) is 5.43. The second-order valence-corrected chi connectivity index (χ2v) is 7.68. The predicted molar refractivity (Wildman–Crippen MR) is 110 cm³/mol. The Labute approximate surface area is 167 Å². The first-order valence-corrected chi connectivity index (χ1v) is 9.97. The van der Waals surface area contributed by atoms with Crippen molar-refractivity contribution in [2.75, 3.05) is 19.7 Å². The quantitative estimate of drug-likeness (QED) is 0.688. The van der Waals surface area contributed by atoms with Crippen molar-refractivity contribution in [3.05, 3.63) is 65.2 Å². The molecule has 5 heteroatoms. The fourth-order valence-corrected chi connectivity index (χ4v) is 3.77. The molecule has 1 fully saturated rings. The van der Waals surface area contributed by atoms with Crippen LogP contribution in [0, 0.1) is 6.92 Å². The highest BCUT2D eigenvalue weighted by atomic mass is 16.5. The number of rotatable bonds is 8. The van der Waals surface area contributed by atoms with Crippen LogP contribution in [0.2, 0.25) is 0 Å². The van der Waals surface area contributed by atoms with E-state index in [1.54, 1.807) is 29.2 Å². The van der Waals surface area contributed by atoms with E-state index < -0.39 is 11.6 Å². The van der Waals surface area contributed by atoms with Gasteiger partial charge >= 0.3 is 0 Å². The number of ether oxygens (including phenoxy) is 1. The van der Waals surface area contributed by atoms with E-state index in [2.05, 4.69) is 26.0 Å². The monoisotopic (exact) mass is 382 g/mol. The minimum atomic E-state index is -0.602. The van der Waals surface area contributed by atoms with Crippen LogP contribution in [0.25, 0.3) is 0 Å². The fraction of sp³-hybridized carbons (Fsp3) is 0.435. The van der Waals surface area contributed by atoms with Crippen molar-refractivity contribution in [1.29, 1.82) is 0 Å². The van der Waals surface area contributed by atoms with Gasteiger partial charge in [-0.2, -0.15) is 0 Å². The van der Waals surface area contributed by atoms with Gasteiger partial charge in [0.1, 0.15) is 11.4 Å². The number of unbranched alkanes of at least 4 members (excludes halogenated alkanes) is 1. The summed E-state index contributed by atoms with van der Waals surface area (Å²) in [5.41, 5.74) is 9.01. The summed E-state index contributed by atoms with van der Waals surface area (Å²) < 4.78 is 6.30. The zero-order valence-electron chi connectivity index (χ0n) is 16.7. The van der Waals surface area contributed by atoms with Gasteiger partial charge in [0.05, 0.1) is 19.1 Å². The van der Waals surface area contributed by atoms with Crippen molar-refractivity contribution >= 4 is 5.91 Å². The normalized spacial score (nSPS) is 16.5. The number of aromatic hydroxyl groups is 1. The number of phenols is 1. The van der Waals surface area contributed by atoms with Crippen molar-refractivity contribution < 1.29 is 14.6 Å². The number of amides is 1. The minimum absolute atomic E-state index is 0.0589. The molecule has 2 aromatic rings. The molecule has 1 saturated heterocycles. The molecule has 1 amide bonds. The van der Waals surface area contributed by atoms with Gasteiger partial charge in [0.15, 0.2) is 0 Å². The first kappa shape index (κ1) is 20.4. The van der Waals surface area contributed by atoms with Crippen LogP contribution in [0.5, 0.6) is 5.75 Å². The second-order valence-electron chi connectivity index (χ2n) is 7.68. The summed E-state index contributed by atoms with van der Waals surface area (Å²) >= 11 is 0. The second kappa shape index (κ2) is 8.76. The number of aryl methyl sites for hydroxylation is 1. The SMILES string of the molecule is CCCCOC1(c2ccccc2C)CN(C(=O)C(N)Cc2ccc(O)cc2)C1. The van der Waals surface area contributed by atoms with Crippen LogP contribution in [0.3, 0.4) is 0 Å². The summed E-state index contributed by atoms with van der Waals surface area (Å²) in [4.78, 5) is 14.6. The number of carbonyl (C=O) groups is 1. The highest BCUT2D eigenvalue weighted by molar-refractivity contribution is 5.83. The van der Waals surface area contributed by atoms with E-state index in [1.807, 2.05) is 12.1 Å². The molecule has 1 atom stereocenters. The van der Waals surface area contributed by atoms with Crippen molar-refractivity contribution in [1.82, 2.24) is 4.90 Å². The molecule has 1 aliphatic heterocycles. The van der Waals surface area contributed by atoms with Crippen molar-refractivity contribution in [3.63, 3.8) is 0 Å². The Kier molecular flexibility index (Phi) is 6.37. The summed E-state index contributed by atoms with van der Waals surface area (Å²) in [6.07, 6.45) is 2.52. The molecule has 2 aromatic carbocycles. The Morgan fingerprint density at radius 3 is 2.54 bits per heavy atom. The van der Waals surface area contributed by atoms with Gasteiger partial charge < -0.3 is 20.5 Å². The van der Waals surface area contributed by atoms with Gasteiger partial charge in [-0.05, 0) is 48.6 Å². The van der Waals surface area contributed by atoms with Gasteiger partial charge in [-0.1, -0.05) is 49.7 Å². The third-order valence-electron chi connectivity index (χ3n) is 5.43. The summed E-state index contributed by atoms with van der Waals surface area (Å²) in [6.45, 7) is 5.98. The Bertz CT molecular complexity index is 798. The lowest BCUT2D eigenvalue weighted by Crippen LogP contribution is -2.65. The van der Waals surface area contributed by atoms with Crippen LogP contribution in [-0.4, -0.2) is 41.7 Å².